The summed E-state index contributed by atoms with van der Waals surface area (Å²) >= 11 is 6.45. The minimum Gasteiger partial charge on any atom is -0.350 e. The Morgan fingerprint density at radius 2 is 1.88 bits per heavy atom. The first-order valence-corrected chi connectivity index (χ1v) is 9.36. The normalized spacial score (nSPS) is 16.4. The molecule has 0 aliphatic carbocycles. The standard InChI is InChI=1S/C21H25ClN2O/c1-16-8-7-9-17(14-16)21(25)23-15-20(24-12-5-2-6-13-24)18-10-3-4-11-19(18)22/h3-4,7-11,14,20H,2,5-6,12-13,15H2,1H3,(H,23,25). The fourth-order valence-electron chi connectivity index (χ4n) is 3.49. The zero-order valence-electron chi connectivity index (χ0n) is 14.7. The Balaban J connectivity index is 1.75. The van der Waals surface area contributed by atoms with Crippen molar-refractivity contribution < 1.29 is 4.79 Å². The lowest BCUT2D eigenvalue weighted by molar-refractivity contribution is 0.0924. The maximum Gasteiger partial charge on any atom is 0.251 e. The molecule has 3 rings (SSSR count). The van der Waals surface area contributed by atoms with Gasteiger partial charge in [0.15, 0.2) is 0 Å². The van der Waals surface area contributed by atoms with Gasteiger partial charge >= 0.3 is 0 Å². The summed E-state index contributed by atoms with van der Waals surface area (Å²) in [6.45, 7) is 4.67. The van der Waals surface area contributed by atoms with Crippen molar-refractivity contribution in [2.24, 2.45) is 0 Å². The Bertz CT molecular complexity index is 725. The average molecular weight is 357 g/mol. The summed E-state index contributed by atoms with van der Waals surface area (Å²) in [5.41, 5.74) is 2.89. The van der Waals surface area contributed by atoms with Gasteiger partial charge in [0.2, 0.25) is 0 Å². The molecule has 2 aromatic carbocycles. The number of halogens is 1. The molecule has 25 heavy (non-hydrogen) atoms. The fraction of sp³-hybridized carbons (Fsp3) is 0.381. The highest BCUT2D eigenvalue weighted by atomic mass is 35.5. The van der Waals surface area contributed by atoms with Gasteiger partial charge in [-0.25, -0.2) is 0 Å². The van der Waals surface area contributed by atoms with Crippen molar-refractivity contribution in [3.8, 4) is 0 Å². The number of hydrogen-bond donors (Lipinski definition) is 1. The zero-order valence-corrected chi connectivity index (χ0v) is 15.4. The molecule has 132 valence electrons. The van der Waals surface area contributed by atoms with Gasteiger partial charge < -0.3 is 5.32 Å². The second kappa shape index (κ2) is 8.50. The monoisotopic (exact) mass is 356 g/mol. The Hall–Kier alpha value is -1.84. The number of hydrogen-bond acceptors (Lipinski definition) is 2. The topological polar surface area (TPSA) is 32.3 Å². The molecule has 0 spiro atoms. The highest BCUT2D eigenvalue weighted by molar-refractivity contribution is 6.31. The number of benzene rings is 2. The van der Waals surface area contributed by atoms with Gasteiger partial charge in [0.1, 0.15) is 0 Å². The van der Waals surface area contributed by atoms with Crippen molar-refractivity contribution in [3.05, 3.63) is 70.2 Å². The molecule has 1 aliphatic rings. The van der Waals surface area contributed by atoms with E-state index in [9.17, 15) is 4.79 Å². The van der Waals surface area contributed by atoms with Crippen LogP contribution in [0.2, 0.25) is 5.02 Å². The van der Waals surface area contributed by atoms with E-state index in [0.29, 0.717) is 12.1 Å². The van der Waals surface area contributed by atoms with Crippen LogP contribution in [-0.4, -0.2) is 30.4 Å². The quantitative estimate of drug-likeness (QED) is 0.848. The molecule has 1 fully saturated rings. The van der Waals surface area contributed by atoms with Crippen molar-refractivity contribution in [3.63, 3.8) is 0 Å². The van der Waals surface area contributed by atoms with Gasteiger partial charge in [0.05, 0.1) is 6.04 Å². The Morgan fingerprint density at radius 1 is 1.12 bits per heavy atom. The predicted octanol–water partition coefficient (Wildman–Crippen LogP) is 4.61. The predicted molar refractivity (Wildman–Crippen MR) is 103 cm³/mol. The number of carbonyl (C=O) groups is 1. The second-order valence-electron chi connectivity index (χ2n) is 6.71. The lowest BCUT2D eigenvalue weighted by Gasteiger charge is -2.35. The lowest BCUT2D eigenvalue weighted by Crippen LogP contribution is -2.40. The first-order valence-electron chi connectivity index (χ1n) is 8.98. The summed E-state index contributed by atoms with van der Waals surface area (Å²) in [7, 11) is 0. The molecule has 2 aromatic rings. The third-order valence-corrected chi connectivity index (χ3v) is 5.18. The summed E-state index contributed by atoms with van der Waals surface area (Å²) in [6, 6.07) is 15.8. The minimum absolute atomic E-state index is 0.0298. The van der Waals surface area contributed by atoms with E-state index in [1.54, 1.807) is 0 Å². The number of rotatable bonds is 5. The number of nitrogens with one attached hydrogen (secondary N) is 1. The van der Waals surface area contributed by atoms with Gasteiger partial charge in [-0.3, -0.25) is 9.69 Å². The van der Waals surface area contributed by atoms with Gasteiger partial charge in [0, 0.05) is 17.1 Å². The number of carbonyl (C=O) groups excluding carboxylic acids is 1. The molecule has 1 atom stereocenters. The first-order chi connectivity index (χ1) is 12.1. The molecule has 1 unspecified atom stereocenters. The number of nitrogens with zero attached hydrogens (tertiary/aromatic N) is 1. The van der Waals surface area contributed by atoms with E-state index < -0.39 is 0 Å². The lowest BCUT2D eigenvalue weighted by atomic mass is 10.0. The van der Waals surface area contributed by atoms with Crippen LogP contribution in [-0.2, 0) is 0 Å². The summed E-state index contributed by atoms with van der Waals surface area (Å²) in [4.78, 5) is 15.0. The van der Waals surface area contributed by atoms with Crippen LogP contribution in [0.15, 0.2) is 48.5 Å². The number of amides is 1. The number of aryl methyl sites for hydroxylation is 1. The minimum atomic E-state index is -0.0298. The second-order valence-corrected chi connectivity index (χ2v) is 7.12. The van der Waals surface area contributed by atoms with Crippen molar-refractivity contribution in [2.75, 3.05) is 19.6 Å². The highest BCUT2D eigenvalue weighted by Gasteiger charge is 2.24. The maximum absolute atomic E-state index is 12.5. The van der Waals surface area contributed by atoms with Crippen LogP contribution >= 0.6 is 11.6 Å². The van der Waals surface area contributed by atoms with Crippen LogP contribution in [0.5, 0.6) is 0 Å². The van der Waals surface area contributed by atoms with Gasteiger partial charge in [-0.2, -0.15) is 0 Å². The molecular formula is C21H25ClN2O. The van der Waals surface area contributed by atoms with Crippen molar-refractivity contribution in [2.45, 2.75) is 32.2 Å². The van der Waals surface area contributed by atoms with E-state index >= 15 is 0 Å². The average Bonchev–Trinajstić information content (AvgIpc) is 2.64. The SMILES string of the molecule is Cc1cccc(C(=O)NCC(c2ccccc2Cl)N2CCCCC2)c1. The fourth-order valence-corrected chi connectivity index (χ4v) is 3.75. The number of likely N-dealkylation sites (tertiary alicyclic amines) is 1. The summed E-state index contributed by atoms with van der Waals surface area (Å²) < 4.78 is 0. The van der Waals surface area contributed by atoms with Crippen molar-refractivity contribution in [1.29, 1.82) is 0 Å². The van der Waals surface area contributed by atoms with E-state index in [1.807, 2.05) is 49.4 Å². The molecule has 0 radical (unpaired) electrons. The van der Waals surface area contributed by atoms with Crippen molar-refractivity contribution >= 4 is 17.5 Å². The smallest absolute Gasteiger partial charge is 0.251 e. The van der Waals surface area contributed by atoms with E-state index in [1.165, 1.54) is 19.3 Å². The molecule has 1 aliphatic heterocycles. The highest BCUT2D eigenvalue weighted by Crippen LogP contribution is 2.29. The summed E-state index contributed by atoms with van der Waals surface area (Å²) in [6.07, 6.45) is 3.68. The van der Waals surface area contributed by atoms with Crippen LogP contribution < -0.4 is 5.32 Å². The molecule has 0 bridgehead atoms. The molecule has 0 saturated carbocycles. The van der Waals surface area contributed by atoms with E-state index in [4.69, 9.17) is 11.6 Å². The van der Waals surface area contributed by atoms with Crippen LogP contribution in [0, 0.1) is 6.92 Å². The molecule has 1 N–H and O–H groups in total. The van der Waals surface area contributed by atoms with E-state index in [2.05, 4.69) is 16.3 Å². The summed E-state index contributed by atoms with van der Waals surface area (Å²) in [5, 5.41) is 3.88. The van der Waals surface area contributed by atoms with Gasteiger partial charge in [-0.05, 0) is 56.6 Å². The molecule has 3 nitrogen and oxygen atoms in total. The van der Waals surface area contributed by atoms with Gasteiger partial charge in [-0.1, -0.05) is 53.9 Å². The van der Waals surface area contributed by atoms with Crippen molar-refractivity contribution in [1.82, 2.24) is 10.2 Å². The van der Waals surface area contributed by atoms with E-state index in [0.717, 1.165) is 29.2 Å². The van der Waals surface area contributed by atoms with Crippen LogP contribution in [0.3, 0.4) is 0 Å². The third kappa shape index (κ3) is 4.62. The molecular weight excluding hydrogens is 332 g/mol. The summed E-state index contributed by atoms with van der Waals surface area (Å²) in [5.74, 6) is -0.0298. The van der Waals surface area contributed by atoms with Crippen LogP contribution in [0.1, 0.15) is 46.8 Å². The van der Waals surface area contributed by atoms with E-state index in [-0.39, 0.29) is 11.9 Å². The maximum atomic E-state index is 12.5. The molecule has 4 heteroatoms. The number of piperidine rings is 1. The molecule has 1 heterocycles. The Labute approximate surface area is 155 Å². The third-order valence-electron chi connectivity index (χ3n) is 4.83. The van der Waals surface area contributed by atoms with Crippen LogP contribution in [0.4, 0.5) is 0 Å². The molecule has 1 saturated heterocycles. The largest absolute Gasteiger partial charge is 0.350 e. The van der Waals surface area contributed by atoms with Gasteiger partial charge in [0.25, 0.3) is 5.91 Å². The van der Waals surface area contributed by atoms with Crippen LogP contribution in [0.25, 0.3) is 0 Å². The first kappa shape index (κ1) is 18.0. The Morgan fingerprint density at radius 3 is 2.60 bits per heavy atom. The molecule has 1 amide bonds. The Kier molecular flexibility index (Phi) is 6.11. The van der Waals surface area contributed by atoms with Gasteiger partial charge in [-0.15, -0.1) is 0 Å². The molecule has 0 aromatic heterocycles. The zero-order chi connectivity index (χ0) is 17.6.